The SMILES string of the molecule is CCC1CCCN1CC1(CNCCOC)CCCC(C)C1. The summed E-state index contributed by atoms with van der Waals surface area (Å²) in [6.45, 7) is 10.4. The van der Waals surface area contributed by atoms with Crippen LogP contribution < -0.4 is 5.32 Å². The highest BCUT2D eigenvalue weighted by Gasteiger charge is 2.38. The molecule has 3 atom stereocenters. The normalized spacial score (nSPS) is 34.4. The molecule has 0 aromatic rings. The largest absolute Gasteiger partial charge is 0.383 e. The van der Waals surface area contributed by atoms with Gasteiger partial charge in [-0.3, -0.25) is 4.90 Å². The summed E-state index contributed by atoms with van der Waals surface area (Å²) >= 11 is 0. The van der Waals surface area contributed by atoms with Crippen LogP contribution in [0.5, 0.6) is 0 Å². The van der Waals surface area contributed by atoms with Crippen LogP contribution in [0.4, 0.5) is 0 Å². The van der Waals surface area contributed by atoms with Crippen molar-refractivity contribution in [2.75, 3.05) is 39.9 Å². The summed E-state index contributed by atoms with van der Waals surface area (Å²) in [4.78, 5) is 2.80. The monoisotopic (exact) mass is 296 g/mol. The van der Waals surface area contributed by atoms with E-state index in [9.17, 15) is 0 Å². The molecule has 0 aromatic carbocycles. The van der Waals surface area contributed by atoms with Gasteiger partial charge in [0, 0.05) is 32.8 Å². The zero-order valence-electron chi connectivity index (χ0n) is 14.5. The summed E-state index contributed by atoms with van der Waals surface area (Å²) in [6.07, 6.45) is 9.79. The molecule has 0 amide bonds. The maximum atomic E-state index is 5.18. The van der Waals surface area contributed by atoms with Gasteiger partial charge in [-0.1, -0.05) is 26.7 Å². The van der Waals surface area contributed by atoms with Gasteiger partial charge in [0.2, 0.25) is 0 Å². The van der Waals surface area contributed by atoms with Crippen LogP contribution >= 0.6 is 0 Å². The van der Waals surface area contributed by atoms with Gasteiger partial charge in [0.1, 0.15) is 0 Å². The van der Waals surface area contributed by atoms with E-state index in [-0.39, 0.29) is 0 Å². The van der Waals surface area contributed by atoms with Crippen molar-refractivity contribution in [1.29, 1.82) is 0 Å². The van der Waals surface area contributed by atoms with Crippen molar-refractivity contribution in [3.05, 3.63) is 0 Å². The van der Waals surface area contributed by atoms with Crippen LogP contribution in [-0.2, 0) is 4.74 Å². The smallest absolute Gasteiger partial charge is 0.0587 e. The third kappa shape index (κ3) is 4.94. The summed E-state index contributed by atoms with van der Waals surface area (Å²) < 4.78 is 5.18. The minimum absolute atomic E-state index is 0.503. The van der Waals surface area contributed by atoms with E-state index >= 15 is 0 Å². The average molecular weight is 296 g/mol. The molecule has 2 fully saturated rings. The van der Waals surface area contributed by atoms with E-state index in [1.54, 1.807) is 7.11 Å². The minimum atomic E-state index is 0.503. The molecule has 1 saturated heterocycles. The Bertz CT molecular complexity index is 297. The Kier molecular flexibility index (Phi) is 6.97. The molecule has 3 unspecified atom stereocenters. The number of hydrogen-bond donors (Lipinski definition) is 1. The zero-order valence-corrected chi connectivity index (χ0v) is 14.5. The Morgan fingerprint density at radius 3 is 2.86 bits per heavy atom. The molecule has 1 aliphatic carbocycles. The molecule has 1 aliphatic heterocycles. The van der Waals surface area contributed by atoms with Crippen LogP contribution in [0.2, 0.25) is 0 Å². The second-order valence-corrected chi connectivity index (χ2v) is 7.55. The van der Waals surface area contributed by atoms with Crippen LogP contribution in [0.1, 0.15) is 58.8 Å². The van der Waals surface area contributed by atoms with Crippen LogP contribution in [0.15, 0.2) is 0 Å². The number of nitrogens with one attached hydrogen (secondary N) is 1. The second kappa shape index (κ2) is 8.50. The van der Waals surface area contributed by atoms with Gasteiger partial charge in [-0.05, 0) is 50.0 Å². The third-order valence-corrected chi connectivity index (χ3v) is 5.68. The summed E-state index contributed by atoms with van der Waals surface area (Å²) in [7, 11) is 1.79. The molecule has 21 heavy (non-hydrogen) atoms. The quantitative estimate of drug-likeness (QED) is 0.696. The minimum Gasteiger partial charge on any atom is -0.383 e. The molecule has 0 radical (unpaired) electrons. The first-order valence-corrected chi connectivity index (χ1v) is 9.13. The van der Waals surface area contributed by atoms with E-state index in [1.807, 2.05) is 0 Å². The lowest BCUT2D eigenvalue weighted by Gasteiger charge is -2.44. The fraction of sp³-hybridized carbons (Fsp3) is 1.00. The highest BCUT2D eigenvalue weighted by atomic mass is 16.5. The van der Waals surface area contributed by atoms with Gasteiger partial charge in [-0.2, -0.15) is 0 Å². The number of nitrogens with zero attached hydrogens (tertiary/aromatic N) is 1. The predicted molar refractivity (Wildman–Crippen MR) is 89.7 cm³/mol. The molecule has 1 saturated carbocycles. The maximum Gasteiger partial charge on any atom is 0.0587 e. The molecule has 0 spiro atoms. The summed E-state index contributed by atoms with van der Waals surface area (Å²) in [5.41, 5.74) is 0.503. The van der Waals surface area contributed by atoms with Crippen LogP contribution in [0.25, 0.3) is 0 Å². The predicted octanol–water partition coefficient (Wildman–Crippen LogP) is 3.29. The standard InChI is InChI=1S/C18H36N2O/c1-4-17-8-6-11-20(17)15-18(14-19-10-12-21-3)9-5-7-16(2)13-18/h16-17,19H,4-15H2,1-3H3. The van der Waals surface area contributed by atoms with Gasteiger partial charge < -0.3 is 10.1 Å². The maximum absolute atomic E-state index is 5.18. The Labute approximate surface area is 131 Å². The molecule has 2 aliphatic rings. The number of rotatable bonds is 8. The molecule has 124 valence electrons. The average Bonchev–Trinajstić information content (AvgIpc) is 2.90. The van der Waals surface area contributed by atoms with Crippen molar-refractivity contribution in [3.8, 4) is 0 Å². The van der Waals surface area contributed by atoms with Crippen LogP contribution in [-0.4, -0.2) is 50.8 Å². The highest BCUT2D eigenvalue weighted by molar-refractivity contribution is 4.92. The number of ether oxygens (including phenoxy) is 1. The van der Waals surface area contributed by atoms with E-state index in [4.69, 9.17) is 4.74 Å². The number of methoxy groups -OCH3 is 1. The molecule has 3 heteroatoms. The fourth-order valence-corrected chi connectivity index (χ4v) is 4.65. The van der Waals surface area contributed by atoms with Crippen molar-refractivity contribution in [2.45, 2.75) is 64.8 Å². The molecule has 0 bridgehead atoms. The highest BCUT2D eigenvalue weighted by Crippen LogP contribution is 2.41. The van der Waals surface area contributed by atoms with Gasteiger partial charge in [0.05, 0.1) is 6.61 Å². The lowest BCUT2D eigenvalue weighted by Crippen LogP contribution is -2.48. The van der Waals surface area contributed by atoms with Gasteiger partial charge >= 0.3 is 0 Å². The van der Waals surface area contributed by atoms with Gasteiger partial charge in [-0.15, -0.1) is 0 Å². The second-order valence-electron chi connectivity index (χ2n) is 7.55. The Balaban J connectivity index is 1.94. The van der Waals surface area contributed by atoms with Gasteiger partial charge in [-0.25, -0.2) is 0 Å². The lowest BCUT2D eigenvalue weighted by atomic mass is 9.69. The van der Waals surface area contributed by atoms with E-state index in [1.165, 1.54) is 64.6 Å². The van der Waals surface area contributed by atoms with E-state index in [0.29, 0.717) is 5.41 Å². The van der Waals surface area contributed by atoms with E-state index in [2.05, 4.69) is 24.1 Å². The van der Waals surface area contributed by atoms with E-state index < -0.39 is 0 Å². The molecule has 1 N–H and O–H groups in total. The van der Waals surface area contributed by atoms with Crippen molar-refractivity contribution in [3.63, 3.8) is 0 Å². The third-order valence-electron chi connectivity index (χ3n) is 5.68. The van der Waals surface area contributed by atoms with Crippen molar-refractivity contribution < 1.29 is 4.74 Å². The Morgan fingerprint density at radius 2 is 2.14 bits per heavy atom. The first-order valence-electron chi connectivity index (χ1n) is 9.13. The molecule has 3 nitrogen and oxygen atoms in total. The van der Waals surface area contributed by atoms with Gasteiger partial charge in [0.15, 0.2) is 0 Å². The van der Waals surface area contributed by atoms with Crippen molar-refractivity contribution >= 4 is 0 Å². The van der Waals surface area contributed by atoms with Gasteiger partial charge in [0.25, 0.3) is 0 Å². The Morgan fingerprint density at radius 1 is 1.29 bits per heavy atom. The van der Waals surface area contributed by atoms with Crippen LogP contribution in [0.3, 0.4) is 0 Å². The summed E-state index contributed by atoms with van der Waals surface area (Å²) in [6, 6.07) is 0.845. The lowest BCUT2D eigenvalue weighted by molar-refractivity contribution is 0.0709. The summed E-state index contributed by atoms with van der Waals surface area (Å²) in [5, 5.41) is 3.67. The summed E-state index contributed by atoms with van der Waals surface area (Å²) in [5.74, 6) is 0.894. The topological polar surface area (TPSA) is 24.5 Å². The van der Waals surface area contributed by atoms with E-state index in [0.717, 1.165) is 25.1 Å². The van der Waals surface area contributed by atoms with Crippen LogP contribution in [0, 0.1) is 11.3 Å². The molecule has 1 heterocycles. The fourth-order valence-electron chi connectivity index (χ4n) is 4.65. The number of likely N-dealkylation sites (tertiary alicyclic amines) is 1. The molecular formula is C18H36N2O. The molecule has 2 rings (SSSR count). The first kappa shape index (κ1) is 17.2. The van der Waals surface area contributed by atoms with Crippen molar-refractivity contribution in [1.82, 2.24) is 10.2 Å². The van der Waals surface area contributed by atoms with Crippen molar-refractivity contribution in [2.24, 2.45) is 11.3 Å². The zero-order chi connectivity index (χ0) is 15.1. The Hall–Kier alpha value is -0.120. The molecular weight excluding hydrogens is 260 g/mol. The molecule has 0 aromatic heterocycles. The first-order chi connectivity index (χ1) is 10.2. The number of hydrogen-bond acceptors (Lipinski definition) is 3.